The van der Waals surface area contributed by atoms with Gasteiger partial charge in [-0.2, -0.15) is 0 Å². The van der Waals surface area contributed by atoms with E-state index in [-0.39, 0.29) is 30.9 Å². The van der Waals surface area contributed by atoms with Crippen molar-refractivity contribution in [3.05, 3.63) is 11.8 Å². The first-order valence-electron chi connectivity index (χ1n) is 5.57. The molecule has 1 rings (SSSR count). The zero-order valence-corrected chi connectivity index (χ0v) is 10.6. The third-order valence-corrected chi connectivity index (χ3v) is 2.31. The number of rotatable bonds is 6. The molecule has 0 spiro atoms. The normalized spacial score (nSPS) is 10.9. The van der Waals surface area contributed by atoms with Crippen LogP contribution in [0.1, 0.15) is 19.5 Å². The number of anilines is 1. The predicted molar refractivity (Wildman–Crippen MR) is 64.2 cm³/mol. The molecule has 0 aliphatic carbocycles. The molecule has 0 saturated heterocycles. The van der Waals surface area contributed by atoms with Gasteiger partial charge in [0.1, 0.15) is 0 Å². The van der Waals surface area contributed by atoms with Crippen molar-refractivity contribution in [3.63, 3.8) is 0 Å². The zero-order valence-electron chi connectivity index (χ0n) is 10.6. The Morgan fingerprint density at radius 1 is 1.50 bits per heavy atom. The molecule has 100 valence electrons. The summed E-state index contributed by atoms with van der Waals surface area (Å²) in [6, 6.07) is 1.55. The van der Waals surface area contributed by atoms with E-state index in [0.29, 0.717) is 5.69 Å². The van der Waals surface area contributed by atoms with Crippen molar-refractivity contribution in [2.75, 3.05) is 18.4 Å². The van der Waals surface area contributed by atoms with Crippen LogP contribution in [0, 0.1) is 6.92 Å². The fourth-order valence-electron chi connectivity index (χ4n) is 1.38. The Morgan fingerprint density at radius 2 is 2.17 bits per heavy atom. The standard InChI is InChI=1S/C11H17N3O4/c1-7(2)14(6-11(16)17)5-9(15)12-10-4-8(3)13-18-10/h4,7H,5-6H2,1-3H3,(H,12,15)(H,16,17). The number of nitrogens with one attached hydrogen (secondary N) is 1. The molecule has 18 heavy (non-hydrogen) atoms. The lowest BCUT2D eigenvalue weighted by molar-refractivity contribution is -0.139. The van der Waals surface area contributed by atoms with Gasteiger partial charge in [0.25, 0.3) is 0 Å². The highest BCUT2D eigenvalue weighted by Crippen LogP contribution is 2.08. The number of nitrogens with zero attached hydrogens (tertiary/aromatic N) is 2. The summed E-state index contributed by atoms with van der Waals surface area (Å²) in [6.45, 7) is 5.21. The van der Waals surface area contributed by atoms with E-state index in [1.54, 1.807) is 17.9 Å². The summed E-state index contributed by atoms with van der Waals surface area (Å²) in [6.07, 6.45) is 0. The molecule has 0 aliphatic rings. The SMILES string of the molecule is Cc1cc(NC(=O)CN(CC(=O)O)C(C)C)on1. The van der Waals surface area contributed by atoms with Crippen molar-refractivity contribution >= 4 is 17.8 Å². The van der Waals surface area contributed by atoms with Crippen molar-refractivity contribution in [3.8, 4) is 0 Å². The zero-order chi connectivity index (χ0) is 13.7. The fraction of sp³-hybridized carbons (Fsp3) is 0.545. The van der Waals surface area contributed by atoms with Crippen LogP contribution in [0.25, 0.3) is 0 Å². The molecule has 0 aliphatic heterocycles. The highest BCUT2D eigenvalue weighted by Gasteiger charge is 2.17. The molecule has 1 aromatic heterocycles. The maximum Gasteiger partial charge on any atom is 0.317 e. The van der Waals surface area contributed by atoms with Crippen LogP contribution in [-0.2, 0) is 9.59 Å². The number of carbonyl (C=O) groups is 2. The maximum absolute atomic E-state index is 11.7. The molecule has 0 saturated carbocycles. The smallest absolute Gasteiger partial charge is 0.317 e. The fourth-order valence-corrected chi connectivity index (χ4v) is 1.38. The molecule has 0 fully saturated rings. The van der Waals surface area contributed by atoms with Gasteiger partial charge in [0.2, 0.25) is 11.8 Å². The van der Waals surface area contributed by atoms with E-state index in [4.69, 9.17) is 9.63 Å². The molecular weight excluding hydrogens is 238 g/mol. The van der Waals surface area contributed by atoms with E-state index in [1.807, 2.05) is 13.8 Å². The number of hydrogen-bond donors (Lipinski definition) is 2. The minimum Gasteiger partial charge on any atom is -0.480 e. The Bertz CT molecular complexity index is 428. The summed E-state index contributed by atoms with van der Waals surface area (Å²) in [4.78, 5) is 23.9. The highest BCUT2D eigenvalue weighted by molar-refractivity contribution is 5.91. The van der Waals surface area contributed by atoms with E-state index < -0.39 is 5.97 Å². The van der Waals surface area contributed by atoms with Gasteiger partial charge in [-0.3, -0.25) is 19.8 Å². The van der Waals surface area contributed by atoms with Crippen molar-refractivity contribution in [2.24, 2.45) is 0 Å². The number of aromatic nitrogens is 1. The van der Waals surface area contributed by atoms with Crippen LogP contribution in [0.2, 0.25) is 0 Å². The van der Waals surface area contributed by atoms with Crippen LogP contribution in [0.4, 0.5) is 5.88 Å². The first-order chi connectivity index (χ1) is 8.38. The summed E-state index contributed by atoms with van der Waals surface area (Å²) in [7, 11) is 0. The third-order valence-electron chi connectivity index (χ3n) is 2.31. The first kappa shape index (κ1) is 14.2. The summed E-state index contributed by atoms with van der Waals surface area (Å²) < 4.78 is 4.84. The van der Waals surface area contributed by atoms with Gasteiger partial charge in [0.05, 0.1) is 18.8 Å². The lowest BCUT2D eigenvalue weighted by Gasteiger charge is -2.23. The van der Waals surface area contributed by atoms with Crippen LogP contribution < -0.4 is 5.32 Å². The van der Waals surface area contributed by atoms with Gasteiger partial charge in [-0.1, -0.05) is 5.16 Å². The van der Waals surface area contributed by atoms with Crippen molar-refractivity contribution in [2.45, 2.75) is 26.8 Å². The Labute approximate surface area is 105 Å². The van der Waals surface area contributed by atoms with Gasteiger partial charge in [-0.05, 0) is 20.8 Å². The van der Waals surface area contributed by atoms with E-state index >= 15 is 0 Å². The van der Waals surface area contributed by atoms with Crippen LogP contribution in [0.5, 0.6) is 0 Å². The third kappa shape index (κ3) is 4.54. The van der Waals surface area contributed by atoms with Gasteiger partial charge in [0, 0.05) is 12.1 Å². The number of carbonyl (C=O) groups excluding carboxylic acids is 1. The average Bonchev–Trinajstić information content (AvgIpc) is 2.62. The first-order valence-corrected chi connectivity index (χ1v) is 5.57. The van der Waals surface area contributed by atoms with Crippen LogP contribution in [0.3, 0.4) is 0 Å². The molecular formula is C11H17N3O4. The maximum atomic E-state index is 11.7. The van der Waals surface area contributed by atoms with Crippen molar-refractivity contribution < 1.29 is 19.2 Å². The number of carboxylic acids is 1. The molecule has 2 N–H and O–H groups in total. The molecule has 0 bridgehead atoms. The minimum absolute atomic E-state index is 0.0102. The van der Waals surface area contributed by atoms with E-state index in [1.165, 1.54) is 0 Å². The van der Waals surface area contributed by atoms with Crippen LogP contribution in [-0.4, -0.2) is 46.2 Å². The van der Waals surface area contributed by atoms with E-state index in [9.17, 15) is 9.59 Å². The highest BCUT2D eigenvalue weighted by atomic mass is 16.5. The molecule has 1 aromatic rings. The monoisotopic (exact) mass is 255 g/mol. The van der Waals surface area contributed by atoms with Crippen LogP contribution >= 0.6 is 0 Å². The largest absolute Gasteiger partial charge is 0.480 e. The van der Waals surface area contributed by atoms with Crippen molar-refractivity contribution in [1.82, 2.24) is 10.1 Å². The Balaban J connectivity index is 2.53. The van der Waals surface area contributed by atoms with E-state index in [2.05, 4.69) is 10.5 Å². The molecule has 0 radical (unpaired) electrons. The second-order valence-corrected chi connectivity index (χ2v) is 4.27. The molecule has 7 nitrogen and oxygen atoms in total. The molecule has 0 atom stereocenters. The summed E-state index contributed by atoms with van der Waals surface area (Å²) in [5.74, 6) is -1.04. The number of aryl methyl sites for hydroxylation is 1. The molecule has 1 heterocycles. The topological polar surface area (TPSA) is 95.7 Å². The Hall–Kier alpha value is -1.89. The number of carboxylic acid groups (broad SMARTS) is 1. The Kier molecular flexibility index (Phi) is 4.85. The number of amides is 1. The van der Waals surface area contributed by atoms with Crippen molar-refractivity contribution in [1.29, 1.82) is 0 Å². The Morgan fingerprint density at radius 3 is 2.61 bits per heavy atom. The average molecular weight is 255 g/mol. The summed E-state index contributed by atoms with van der Waals surface area (Å²) in [5.41, 5.74) is 0.663. The van der Waals surface area contributed by atoms with Gasteiger partial charge in [-0.25, -0.2) is 0 Å². The number of aliphatic carboxylic acids is 1. The van der Waals surface area contributed by atoms with Gasteiger partial charge in [0.15, 0.2) is 0 Å². The number of hydrogen-bond acceptors (Lipinski definition) is 5. The summed E-state index contributed by atoms with van der Waals surface area (Å²) >= 11 is 0. The molecule has 1 amide bonds. The lowest BCUT2D eigenvalue weighted by atomic mass is 10.3. The molecule has 0 aromatic carbocycles. The van der Waals surface area contributed by atoms with Gasteiger partial charge in [-0.15, -0.1) is 0 Å². The predicted octanol–water partition coefficient (Wildman–Crippen LogP) is 0.717. The quantitative estimate of drug-likeness (QED) is 0.777. The minimum atomic E-state index is -0.966. The van der Waals surface area contributed by atoms with Gasteiger partial charge >= 0.3 is 5.97 Å². The summed E-state index contributed by atoms with van der Waals surface area (Å²) in [5, 5.41) is 14.9. The molecule has 7 heteroatoms. The lowest BCUT2D eigenvalue weighted by Crippen LogP contribution is -2.41. The van der Waals surface area contributed by atoms with Gasteiger partial charge < -0.3 is 9.63 Å². The molecule has 0 unspecified atom stereocenters. The second-order valence-electron chi connectivity index (χ2n) is 4.27. The van der Waals surface area contributed by atoms with E-state index in [0.717, 1.165) is 0 Å². The van der Waals surface area contributed by atoms with Crippen LogP contribution in [0.15, 0.2) is 10.6 Å². The second kappa shape index (κ2) is 6.15.